The van der Waals surface area contributed by atoms with E-state index in [1.54, 1.807) is 12.1 Å². The molecule has 5 nitrogen and oxygen atoms in total. The Labute approximate surface area is 169 Å². The number of fused-ring (bicyclic) bond motifs is 1. The second-order valence-electron chi connectivity index (χ2n) is 6.98. The number of para-hydroxylation sites is 1. The Kier molecular flexibility index (Phi) is 5.40. The van der Waals surface area contributed by atoms with Crippen LogP contribution in [0.25, 0.3) is 22.2 Å². The lowest BCUT2D eigenvalue weighted by atomic mass is 10.0. The maximum Gasteiger partial charge on any atom is 0.269 e. The van der Waals surface area contributed by atoms with E-state index in [0.717, 1.165) is 24.3 Å². The highest BCUT2D eigenvalue weighted by atomic mass is 16.6. The molecule has 1 heterocycles. The van der Waals surface area contributed by atoms with Crippen LogP contribution in [0.4, 0.5) is 5.69 Å². The van der Waals surface area contributed by atoms with Crippen LogP contribution in [0, 0.1) is 10.1 Å². The highest BCUT2D eigenvalue weighted by molar-refractivity contribution is 5.92. The molecule has 0 amide bonds. The van der Waals surface area contributed by atoms with Gasteiger partial charge in [0.25, 0.3) is 5.69 Å². The molecular formula is C24H23N3O2. The van der Waals surface area contributed by atoms with Crippen LogP contribution in [-0.4, -0.2) is 9.49 Å². The van der Waals surface area contributed by atoms with Gasteiger partial charge in [0.2, 0.25) is 0 Å². The number of aromatic nitrogens is 1. The second-order valence-corrected chi connectivity index (χ2v) is 6.98. The standard InChI is InChI=1S/C24H23N3O2/c1-2-26-23-11-7-6-10-21(23)22(17-25-16-18-8-4-3-5-9-18)24(26)19-12-14-20(15-13-19)27(28)29/h3-15,25H,2,16-17H2,1H3. The van der Waals surface area contributed by atoms with Crippen LogP contribution in [0.15, 0.2) is 78.9 Å². The molecule has 146 valence electrons. The van der Waals surface area contributed by atoms with Crippen molar-refractivity contribution in [3.63, 3.8) is 0 Å². The number of hydrogen-bond acceptors (Lipinski definition) is 3. The molecule has 29 heavy (non-hydrogen) atoms. The van der Waals surface area contributed by atoms with Crippen molar-refractivity contribution >= 4 is 16.6 Å². The molecule has 4 rings (SSSR count). The molecule has 0 atom stereocenters. The number of nitro benzene ring substituents is 1. The molecule has 4 aromatic rings. The molecule has 0 fully saturated rings. The Bertz CT molecular complexity index is 1130. The maximum atomic E-state index is 11.0. The van der Waals surface area contributed by atoms with Crippen LogP contribution < -0.4 is 5.32 Å². The third kappa shape index (κ3) is 3.77. The van der Waals surface area contributed by atoms with Gasteiger partial charge in [-0.15, -0.1) is 0 Å². The minimum Gasteiger partial charge on any atom is -0.340 e. The summed E-state index contributed by atoms with van der Waals surface area (Å²) in [5, 5.41) is 15.8. The Balaban J connectivity index is 1.75. The summed E-state index contributed by atoms with van der Waals surface area (Å²) in [5.41, 5.74) is 5.85. The normalized spacial score (nSPS) is 11.1. The SMILES string of the molecule is CCn1c(-c2ccc([N+](=O)[O-])cc2)c(CNCc2ccccc2)c2ccccc21. The van der Waals surface area contributed by atoms with Gasteiger partial charge in [0, 0.05) is 42.7 Å². The van der Waals surface area contributed by atoms with Crippen LogP contribution >= 0.6 is 0 Å². The van der Waals surface area contributed by atoms with Crippen molar-refractivity contribution in [3.05, 3.63) is 100 Å². The summed E-state index contributed by atoms with van der Waals surface area (Å²) in [6, 6.07) is 25.6. The first-order valence-electron chi connectivity index (χ1n) is 9.78. The van der Waals surface area contributed by atoms with Gasteiger partial charge in [0.15, 0.2) is 0 Å². The monoisotopic (exact) mass is 385 g/mol. The van der Waals surface area contributed by atoms with Gasteiger partial charge >= 0.3 is 0 Å². The summed E-state index contributed by atoms with van der Waals surface area (Å²) in [7, 11) is 0. The van der Waals surface area contributed by atoms with Crippen molar-refractivity contribution in [1.82, 2.24) is 9.88 Å². The lowest BCUT2D eigenvalue weighted by molar-refractivity contribution is -0.384. The Morgan fingerprint density at radius 2 is 1.59 bits per heavy atom. The number of nitrogens with one attached hydrogen (secondary N) is 1. The van der Waals surface area contributed by atoms with Crippen molar-refractivity contribution in [2.45, 2.75) is 26.6 Å². The number of non-ortho nitro benzene ring substituents is 1. The van der Waals surface area contributed by atoms with Crippen LogP contribution in [0.2, 0.25) is 0 Å². The molecule has 0 bridgehead atoms. The molecule has 0 aliphatic rings. The average Bonchev–Trinajstić information content (AvgIpc) is 3.08. The zero-order chi connectivity index (χ0) is 20.2. The van der Waals surface area contributed by atoms with Crippen molar-refractivity contribution in [2.75, 3.05) is 0 Å². The predicted octanol–water partition coefficient (Wildman–Crippen LogP) is 5.53. The van der Waals surface area contributed by atoms with Crippen LogP contribution in [0.5, 0.6) is 0 Å². The molecule has 1 N–H and O–H groups in total. The van der Waals surface area contributed by atoms with E-state index in [2.05, 4.69) is 53.2 Å². The van der Waals surface area contributed by atoms with Crippen LogP contribution in [0.3, 0.4) is 0 Å². The van der Waals surface area contributed by atoms with Crippen molar-refractivity contribution in [3.8, 4) is 11.3 Å². The number of nitrogens with zero attached hydrogens (tertiary/aromatic N) is 2. The number of benzene rings is 3. The topological polar surface area (TPSA) is 60.1 Å². The molecule has 3 aromatic carbocycles. The molecule has 0 saturated heterocycles. The van der Waals surface area contributed by atoms with Gasteiger partial charge in [0.1, 0.15) is 0 Å². The lowest BCUT2D eigenvalue weighted by Gasteiger charge is -2.12. The van der Waals surface area contributed by atoms with E-state index in [0.29, 0.717) is 6.54 Å². The fourth-order valence-electron chi connectivity index (χ4n) is 3.88. The molecule has 5 heteroatoms. The number of aryl methyl sites for hydroxylation is 1. The summed E-state index contributed by atoms with van der Waals surface area (Å²) in [4.78, 5) is 10.7. The fourth-order valence-corrected chi connectivity index (χ4v) is 3.88. The molecule has 0 aliphatic heterocycles. The van der Waals surface area contributed by atoms with Crippen molar-refractivity contribution < 1.29 is 4.92 Å². The fraction of sp³-hybridized carbons (Fsp3) is 0.167. The Morgan fingerprint density at radius 3 is 2.28 bits per heavy atom. The first-order chi connectivity index (χ1) is 14.2. The highest BCUT2D eigenvalue weighted by Gasteiger charge is 2.18. The molecule has 0 unspecified atom stereocenters. The van der Waals surface area contributed by atoms with E-state index < -0.39 is 0 Å². The number of hydrogen-bond donors (Lipinski definition) is 1. The van der Waals surface area contributed by atoms with E-state index in [9.17, 15) is 10.1 Å². The molecule has 0 radical (unpaired) electrons. The van der Waals surface area contributed by atoms with E-state index in [1.807, 2.05) is 30.3 Å². The number of rotatable bonds is 7. The van der Waals surface area contributed by atoms with Crippen molar-refractivity contribution in [2.24, 2.45) is 0 Å². The zero-order valence-corrected chi connectivity index (χ0v) is 16.3. The van der Waals surface area contributed by atoms with Gasteiger partial charge in [-0.05, 0) is 41.8 Å². The second kappa shape index (κ2) is 8.29. The van der Waals surface area contributed by atoms with Gasteiger partial charge < -0.3 is 9.88 Å². The molecule has 0 saturated carbocycles. The molecule has 0 spiro atoms. The summed E-state index contributed by atoms with van der Waals surface area (Å²) < 4.78 is 2.29. The van der Waals surface area contributed by atoms with Gasteiger partial charge in [-0.1, -0.05) is 48.5 Å². The van der Waals surface area contributed by atoms with E-state index in [-0.39, 0.29) is 10.6 Å². The van der Waals surface area contributed by atoms with Gasteiger partial charge in [-0.2, -0.15) is 0 Å². The van der Waals surface area contributed by atoms with Crippen LogP contribution in [0.1, 0.15) is 18.1 Å². The zero-order valence-electron chi connectivity index (χ0n) is 16.3. The summed E-state index contributed by atoms with van der Waals surface area (Å²) in [5.74, 6) is 0. The third-order valence-corrected chi connectivity index (χ3v) is 5.22. The largest absolute Gasteiger partial charge is 0.340 e. The molecule has 0 aliphatic carbocycles. The van der Waals surface area contributed by atoms with Gasteiger partial charge in [0.05, 0.1) is 10.6 Å². The first-order valence-corrected chi connectivity index (χ1v) is 9.78. The molecule has 1 aromatic heterocycles. The van der Waals surface area contributed by atoms with E-state index in [4.69, 9.17) is 0 Å². The average molecular weight is 385 g/mol. The Hall–Kier alpha value is -3.44. The highest BCUT2D eigenvalue weighted by Crippen LogP contribution is 2.34. The predicted molar refractivity (Wildman–Crippen MR) is 117 cm³/mol. The lowest BCUT2D eigenvalue weighted by Crippen LogP contribution is -2.13. The van der Waals surface area contributed by atoms with E-state index in [1.165, 1.54) is 22.0 Å². The quantitative estimate of drug-likeness (QED) is 0.336. The minimum atomic E-state index is -0.360. The van der Waals surface area contributed by atoms with Crippen molar-refractivity contribution in [1.29, 1.82) is 0 Å². The summed E-state index contributed by atoms with van der Waals surface area (Å²) >= 11 is 0. The van der Waals surface area contributed by atoms with Gasteiger partial charge in [-0.3, -0.25) is 10.1 Å². The summed E-state index contributed by atoms with van der Waals surface area (Å²) in [6.07, 6.45) is 0. The van der Waals surface area contributed by atoms with Gasteiger partial charge in [-0.25, -0.2) is 0 Å². The van der Waals surface area contributed by atoms with Crippen LogP contribution in [-0.2, 0) is 19.6 Å². The maximum absolute atomic E-state index is 11.0. The third-order valence-electron chi connectivity index (χ3n) is 5.22. The minimum absolute atomic E-state index is 0.108. The number of nitro groups is 1. The van der Waals surface area contributed by atoms with E-state index >= 15 is 0 Å². The Morgan fingerprint density at radius 1 is 0.897 bits per heavy atom. The smallest absolute Gasteiger partial charge is 0.269 e. The molecular weight excluding hydrogens is 362 g/mol. The summed E-state index contributed by atoms with van der Waals surface area (Å²) in [6.45, 7) is 4.45. The first kappa shape index (κ1) is 18.9.